The summed E-state index contributed by atoms with van der Waals surface area (Å²) in [6.45, 7) is 9.74. The zero-order chi connectivity index (χ0) is 17.6. The summed E-state index contributed by atoms with van der Waals surface area (Å²) in [6.07, 6.45) is 11.2. The Bertz CT molecular complexity index is 717. The zero-order valence-electron chi connectivity index (χ0n) is 14.6. The molecule has 0 fully saturated rings. The second kappa shape index (κ2) is 11.6. The molecule has 2 rings (SSSR count). The largest absolute Gasteiger partial charge is 0.325 e. The Hall–Kier alpha value is -2.94. The fourth-order valence-corrected chi connectivity index (χ4v) is 1.72. The highest BCUT2D eigenvalue weighted by atomic mass is 15.0. The molecule has 0 bridgehead atoms. The monoisotopic (exact) mass is 319 g/mol. The number of nitrogens with one attached hydrogen (secondary N) is 1. The number of hydrogen-bond acceptors (Lipinski definition) is 2. The fraction of sp³-hybridized carbons (Fsp3) is 0.143. The van der Waals surface area contributed by atoms with Crippen LogP contribution in [0.25, 0.3) is 0 Å². The molecule has 1 aromatic heterocycles. The van der Waals surface area contributed by atoms with Crippen molar-refractivity contribution in [3.8, 4) is 0 Å². The highest BCUT2D eigenvalue weighted by molar-refractivity contribution is 5.84. The van der Waals surface area contributed by atoms with Crippen LogP contribution in [0.15, 0.2) is 88.9 Å². The molecule has 0 radical (unpaired) electrons. The van der Waals surface area contributed by atoms with E-state index in [9.17, 15) is 0 Å². The summed E-state index contributed by atoms with van der Waals surface area (Å²) in [5, 5.41) is 0. The first kappa shape index (κ1) is 19.1. The van der Waals surface area contributed by atoms with Gasteiger partial charge in [0.2, 0.25) is 0 Å². The number of aromatic nitrogens is 1. The van der Waals surface area contributed by atoms with E-state index in [-0.39, 0.29) is 0 Å². The van der Waals surface area contributed by atoms with Crippen LogP contribution < -0.4 is 0 Å². The summed E-state index contributed by atoms with van der Waals surface area (Å²) in [5.41, 5.74) is 2.01. The summed E-state index contributed by atoms with van der Waals surface area (Å²) in [6, 6.07) is 13.8. The van der Waals surface area contributed by atoms with Crippen molar-refractivity contribution < 1.29 is 0 Å². The van der Waals surface area contributed by atoms with Gasteiger partial charge in [0.05, 0.1) is 0 Å². The topological polar surface area (TPSA) is 40.5 Å². The number of aromatic amines is 1. The van der Waals surface area contributed by atoms with E-state index in [1.54, 1.807) is 12.3 Å². The molecule has 0 aliphatic carbocycles. The lowest BCUT2D eigenvalue weighted by molar-refractivity contribution is 1.31. The predicted octanol–water partition coefficient (Wildman–Crippen LogP) is 6.18. The van der Waals surface area contributed by atoms with Gasteiger partial charge in [-0.3, -0.25) is 0 Å². The van der Waals surface area contributed by atoms with E-state index < -0.39 is 0 Å². The summed E-state index contributed by atoms with van der Waals surface area (Å²) in [4.78, 5) is 11.9. The minimum atomic E-state index is 0.758. The Morgan fingerprint density at radius 1 is 1.00 bits per heavy atom. The van der Waals surface area contributed by atoms with Crippen LogP contribution in [-0.4, -0.2) is 17.4 Å². The molecule has 3 heteroatoms. The molecule has 1 aromatic carbocycles. The lowest BCUT2D eigenvalue weighted by Crippen LogP contribution is -1.78. The van der Waals surface area contributed by atoms with E-state index in [0.717, 1.165) is 22.8 Å². The van der Waals surface area contributed by atoms with Gasteiger partial charge in [-0.15, -0.1) is 0 Å². The van der Waals surface area contributed by atoms with E-state index in [1.165, 1.54) is 0 Å². The second-order valence-electron chi connectivity index (χ2n) is 4.55. The Kier molecular flexibility index (Phi) is 9.24. The summed E-state index contributed by atoms with van der Waals surface area (Å²) < 4.78 is 0. The van der Waals surface area contributed by atoms with Crippen molar-refractivity contribution in [3.63, 3.8) is 0 Å². The number of benzene rings is 1. The molecule has 124 valence electrons. The molecule has 0 aliphatic rings. The Morgan fingerprint density at radius 2 is 1.67 bits per heavy atom. The molecule has 0 saturated carbocycles. The van der Waals surface area contributed by atoms with Crippen molar-refractivity contribution in [2.45, 2.75) is 20.8 Å². The number of allylic oxidation sites excluding steroid dienone is 5. The molecule has 1 heterocycles. The van der Waals surface area contributed by atoms with E-state index in [2.05, 4.69) is 21.5 Å². The molecule has 3 nitrogen and oxygen atoms in total. The van der Waals surface area contributed by atoms with Crippen molar-refractivity contribution in [1.29, 1.82) is 0 Å². The van der Waals surface area contributed by atoms with Crippen LogP contribution in [0.3, 0.4) is 0 Å². The molecule has 0 atom stereocenters. The van der Waals surface area contributed by atoms with Gasteiger partial charge in [-0.05, 0) is 30.2 Å². The smallest absolute Gasteiger partial charge is 0.131 e. The van der Waals surface area contributed by atoms with Gasteiger partial charge < -0.3 is 4.98 Å². The number of H-pyrrole nitrogens is 1. The summed E-state index contributed by atoms with van der Waals surface area (Å²) in [7, 11) is 0. The van der Waals surface area contributed by atoms with Crippen LogP contribution in [-0.2, 0) is 0 Å². The first-order chi connectivity index (χ1) is 11.8. The molecule has 1 N–H and O–H groups in total. The van der Waals surface area contributed by atoms with Crippen molar-refractivity contribution in [3.05, 3.63) is 84.5 Å². The van der Waals surface area contributed by atoms with E-state index in [4.69, 9.17) is 0 Å². The fourth-order valence-electron chi connectivity index (χ4n) is 1.72. The van der Waals surface area contributed by atoms with Gasteiger partial charge in [0.15, 0.2) is 0 Å². The van der Waals surface area contributed by atoms with Crippen LogP contribution in [0.5, 0.6) is 0 Å². The minimum absolute atomic E-state index is 0.758. The van der Waals surface area contributed by atoms with Crippen LogP contribution in [0.4, 0.5) is 11.6 Å². The van der Waals surface area contributed by atoms with Crippen molar-refractivity contribution in [2.75, 3.05) is 0 Å². The van der Waals surface area contributed by atoms with Gasteiger partial charge in [0, 0.05) is 12.4 Å². The lowest BCUT2D eigenvalue weighted by Gasteiger charge is -1.91. The molecular weight excluding hydrogens is 294 g/mol. The van der Waals surface area contributed by atoms with Crippen LogP contribution in [0, 0.1) is 0 Å². The van der Waals surface area contributed by atoms with Crippen molar-refractivity contribution >= 4 is 24.1 Å². The van der Waals surface area contributed by atoms with Gasteiger partial charge >= 0.3 is 0 Å². The highest BCUT2D eigenvalue weighted by Crippen LogP contribution is 2.17. The molecule has 0 saturated heterocycles. The van der Waals surface area contributed by atoms with Gasteiger partial charge in [-0.1, -0.05) is 75.1 Å². The first-order valence-corrected chi connectivity index (χ1v) is 8.09. The average Bonchev–Trinajstić information content (AvgIpc) is 3.11. The van der Waals surface area contributed by atoms with Gasteiger partial charge in [0.1, 0.15) is 11.6 Å². The molecule has 0 spiro atoms. The van der Waals surface area contributed by atoms with Crippen molar-refractivity contribution in [1.82, 2.24) is 4.98 Å². The Labute approximate surface area is 144 Å². The summed E-state index contributed by atoms with van der Waals surface area (Å²) >= 11 is 0. The van der Waals surface area contributed by atoms with Crippen LogP contribution in [0.1, 0.15) is 26.3 Å². The van der Waals surface area contributed by atoms with Gasteiger partial charge in [-0.2, -0.15) is 0 Å². The third-order valence-corrected chi connectivity index (χ3v) is 2.88. The van der Waals surface area contributed by atoms with Gasteiger partial charge in [0.25, 0.3) is 0 Å². The molecule has 2 aromatic rings. The summed E-state index contributed by atoms with van der Waals surface area (Å²) in [5.74, 6) is 1.53. The normalized spacial score (nSPS) is 11.9. The third-order valence-electron chi connectivity index (χ3n) is 2.88. The quantitative estimate of drug-likeness (QED) is 0.488. The Balaban J connectivity index is 0.00000139. The van der Waals surface area contributed by atoms with Crippen LogP contribution >= 0.6 is 0 Å². The highest BCUT2D eigenvalue weighted by Gasteiger charge is 1.94. The van der Waals surface area contributed by atoms with E-state index in [1.807, 2.05) is 87.7 Å². The molecular formula is C21H25N3. The predicted molar refractivity (Wildman–Crippen MR) is 107 cm³/mol. The molecule has 0 amide bonds. The number of nitrogens with zero attached hydrogens (tertiary/aromatic N) is 2. The third kappa shape index (κ3) is 6.88. The van der Waals surface area contributed by atoms with Crippen LogP contribution in [0.2, 0.25) is 0 Å². The number of rotatable bonds is 6. The van der Waals surface area contributed by atoms with Crippen molar-refractivity contribution in [2.24, 2.45) is 9.98 Å². The lowest BCUT2D eigenvalue weighted by atomic mass is 10.2. The average molecular weight is 319 g/mol. The zero-order valence-corrected chi connectivity index (χ0v) is 14.6. The van der Waals surface area contributed by atoms with E-state index >= 15 is 0 Å². The van der Waals surface area contributed by atoms with Gasteiger partial charge in [-0.25, -0.2) is 9.98 Å². The second-order valence-corrected chi connectivity index (χ2v) is 4.55. The standard InChI is InChI=1S/C19H19N3.C2H6/c1-3-5-9-16(4-2)14-20-18-12-13-19(22-18)21-15-17-10-7-6-8-11-17;1-2/h3-15,22H,2H2,1H3;1-2H3/b5-3-,16-9+,20-14+,21-15+;. The number of hydrogen-bond donors (Lipinski definition) is 1. The molecule has 0 unspecified atom stereocenters. The minimum Gasteiger partial charge on any atom is -0.325 e. The first-order valence-electron chi connectivity index (χ1n) is 8.09. The maximum Gasteiger partial charge on any atom is 0.131 e. The molecule has 0 aliphatic heterocycles. The Morgan fingerprint density at radius 3 is 2.29 bits per heavy atom. The molecule has 24 heavy (non-hydrogen) atoms. The number of aliphatic imine (C=N–C) groups is 2. The van der Waals surface area contributed by atoms with E-state index in [0.29, 0.717) is 0 Å². The SMILES string of the molecule is C=CC(/C=N/c1ccc(/N=C/c2ccccc2)[nH]1)=C\C=C/C.CC. The maximum absolute atomic E-state index is 4.39. The maximum atomic E-state index is 4.39.